The highest BCUT2D eigenvalue weighted by Crippen LogP contribution is 2.22. The highest BCUT2D eigenvalue weighted by molar-refractivity contribution is 7.89. The Morgan fingerprint density at radius 1 is 1.12 bits per heavy atom. The number of benzene rings is 1. The molecule has 1 aromatic carbocycles. The van der Waals surface area contributed by atoms with Crippen LogP contribution < -0.4 is 5.32 Å². The van der Waals surface area contributed by atoms with E-state index in [-0.39, 0.29) is 16.8 Å². The molecule has 0 radical (unpaired) electrons. The van der Waals surface area contributed by atoms with Crippen molar-refractivity contribution in [2.45, 2.75) is 70.2 Å². The number of carbonyl (C=O) groups is 1. The molecule has 1 aromatic rings. The van der Waals surface area contributed by atoms with Crippen molar-refractivity contribution in [2.75, 3.05) is 13.1 Å². The van der Waals surface area contributed by atoms with Gasteiger partial charge in [-0.25, -0.2) is 8.42 Å². The van der Waals surface area contributed by atoms with Crippen LogP contribution in [0.3, 0.4) is 0 Å². The van der Waals surface area contributed by atoms with E-state index in [0.717, 1.165) is 25.7 Å². The summed E-state index contributed by atoms with van der Waals surface area (Å²) in [6.07, 6.45) is 6.73. The zero-order valence-corrected chi connectivity index (χ0v) is 16.4. The molecule has 0 aliphatic heterocycles. The van der Waals surface area contributed by atoms with Crippen LogP contribution in [0.25, 0.3) is 0 Å². The standard InChI is InChI=1S/C19H30N2O3S/c1-4-21(5-2)25(23,24)18-14-16(13-12-15(18)3)19(22)20-17-10-8-6-7-9-11-17/h12-14,17H,4-11H2,1-3H3,(H,20,22). The first-order valence-corrected chi connectivity index (χ1v) is 10.8. The second-order valence-electron chi connectivity index (χ2n) is 6.73. The minimum absolute atomic E-state index is 0.178. The van der Waals surface area contributed by atoms with Gasteiger partial charge in [0.15, 0.2) is 0 Å². The van der Waals surface area contributed by atoms with Crippen molar-refractivity contribution in [3.8, 4) is 0 Å². The molecule has 0 atom stereocenters. The van der Waals surface area contributed by atoms with Crippen molar-refractivity contribution in [1.82, 2.24) is 9.62 Å². The van der Waals surface area contributed by atoms with E-state index in [0.29, 0.717) is 24.2 Å². The number of amides is 1. The van der Waals surface area contributed by atoms with Crippen LogP contribution in [0.5, 0.6) is 0 Å². The third-order valence-electron chi connectivity index (χ3n) is 4.96. The van der Waals surface area contributed by atoms with Gasteiger partial charge in [0.25, 0.3) is 5.91 Å². The van der Waals surface area contributed by atoms with E-state index in [9.17, 15) is 13.2 Å². The van der Waals surface area contributed by atoms with Gasteiger partial charge < -0.3 is 5.32 Å². The fourth-order valence-corrected chi connectivity index (χ4v) is 5.12. The minimum atomic E-state index is -3.57. The number of rotatable bonds is 6. The van der Waals surface area contributed by atoms with Crippen molar-refractivity contribution in [3.05, 3.63) is 29.3 Å². The lowest BCUT2D eigenvalue weighted by molar-refractivity contribution is 0.0933. The molecular formula is C19H30N2O3S. The topological polar surface area (TPSA) is 66.5 Å². The Morgan fingerprint density at radius 3 is 2.28 bits per heavy atom. The van der Waals surface area contributed by atoms with Crippen molar-refractivity contribution in [2.24, 2.45) is 0 Å². The fraction of sp³-hybridized carbons (Fsp3) is 0.632. The van der Waals surface area contributed by atoms with Gasteiger partial charge >= 0.3 is 0 Å². The largest absolute Gasteiger partial charge is 0.349 e. The van der Waals surface area contributed by atoms with Gasteiger partial charge in [-0.05, 0) is 37.5 Å². The number of nitrogens with one attached hydrogen (secondary N) is 1. The van der Waals surface area contributed by atoms with Gasteiger partial charge in [0, 0.05) is 24.7 Å². The molecule has 0 aromatic heterocycles. The van der Waals surface area contributed by atoms with Gasteiger partial charge in [0.05, 0.1) is 4.90 Å². The Bertz CT molecular complexity index is 689. The van der Waals surface area contributed by atoms with Crippen molar-refractivity contribution < 1.29 is 13.2 Å². The van der Waals surface area contributed by atoms with E-state index >= 15 is 0 Å². The molecule has 1 N–H and O–H groups in total. The number of carbonyl (C=O) groups excluding carboxylic acids is 1. The number of nitrogens with zero attached hydrogens (tertiary/aromatic N) is 1. The van der Waals surface area contributed by atoms with Crippen LogP contribution in [0.4, 0.5) is 0 Å². The fourth-order valence-electron chi connectivity index (χ4n) is 3.41. The summed E-state index contributed by atoms with van der Waals surface area (Å²) in [5.74, 6) is -0.178. The summed E-state index contributed by atoms with van der Waals surface area (Å²) in [6, 6.07) is 5.15. The van der Waals surface area contributed by atoms with E-state index in [4.69, 9.17) is 0 Å². The molecule has 1 aliphatic carbocycles. The Morgan fingerprint density at radius 2 is 1.72 bits per heavy atom. The molecule has 0 saturated heterocycles. The Kier molecular flexibility index (Phi) is 7.02. The quantitative estimate of drug-likeness (QED) is 0.784. The van der Waals surface area contributed by atoms with Crippen molar-refractivity contribution >= 4 is 15.9 Å². The van der Waals surface area contributed by atoms with Crippen LogP contribution >= 0.6 is 0 Å². The highest BCUT2D eigenvalue weighted by atomic mass is 32.2. The SMILES string of the molecule is CCN(CC)S(=O)(=O)c1cc(C(=O)NC2CCCCCC2)ccc1C. The maximum Gasteiger partial charge on any atom is 0.251 e. The first kappa shape index (κ1) is 19.9. The third kappa shape index (κ3) is 4.82. The van der Waals surface area contributed by atoms with Crippen LogP contribution in [0.15, 0.2) is 23.1 Å². The molecule has 1 aliphatic rings. The normalized spacial score (nSPS) is 16.6. The van der Waals surface area contributed by atoms with Crippen molar-refractivity contribution in [3.63, 3.8) is 0 Å². The first-order chi connectivity index (χ1) is 11.9. The molecule has 25 heavy (non-hydrogen) atoms. The van der Waals surface area contributed by atoms with Gasteiger partial charge in [0.2, 0.25) is 10.0 Å². The molecule has 6 heteroatoms. The van der Waals surface area contributed by atoms with E-state index in [1.54, 1.807) is 19.1 Å². The van der Waals surface area contributed by atoms with Gasteiger partial charge in [-0.2, -0.15) is 4.31 Å². The van der Waals surface area contributed by atoms with Gasteiger partial charge in [-0.15, -0.1) is 0 Å². The lowest BCUT2D eigenvalue weighted by Crippen LogP contribution is -2.35. The number of aryl methyl sites for hydroxylation is 1. The van der Waals surface area contributed by atoms with E-state index in [1.165, 1.54) is 23.2 Å². The molecule has 0 spiro atoms. The van der Waals surface area contributed by atoms with Crippen LogP contribution in [0.2, 0.25) is 0 Å². The lowest BCUT2D eigenvalue weighted by atomic mass is 10.1. The summed E-state index contributed by atoms with van der Waals surface area (Å²) < 4.78 is 27.1. The smallest absolute Gasteiger partial charge is 0.251 e. The first-order valence-electron chi connectivity index (χ1n) is 9.31. The Balaban J connectivity index is 2.24. The highest BCUT2D eigenvalue weighted by Gasteiger charge is 2.25. The monoisotopic (exact) mass is 366 g/mol. The number of sulfonamides is 1. The van der Waals surface area contributed by atoms with E-state index in [1.807, 2.05) is 13.8 Å². The zero-order valence-electron chi connectivity index (χ0n) is 15.5. The van der Waals surface area contributed by atoms with Crippen LogP contribution in [0.1, 0.15) is 68.3 Å². The van der Waals surface area contributed by atoms with Crippen molar-refractivity contribution in [1.29, 1.82) is 0 Å². The lowest BCUT2D eigenvalue weighted by Gasteiger charge is -2.21. The predicted molar refractivity (Wildman–Crippen MR) is 100 cm³/mol. The van der Waals surface area contributed by atoms with Crippen LogP contribution in [0, 0.1) is 6.92 Å². The van der Waals surface area contributed by atoms with Gasteiger partial charge in [0.1, 0.15) is 0 Å². The Hall–Kier alpha value is -1.40. The average Bonchev–Trinajstić information content (AvgIpc) is 2.84. The second-order valence-corrected chi connectivity index (χ2v) is 8.64. The molecule has 1 saturated carbocycles. The molecule has 0 heterocycles. The number of hydrogen-bond acceptors (Lipinski definition) is 3. The summed E-state index contributed by atoms with van der Waals surface area (Å²) in [5, 5.41) is 3.08. The second kappa shape index (κ2) is 8.81. The van der Waals surface area contributed by atoms with E-state index < -0.39 is 10.0 Å². The summed E-state index contributed by atoms with van der Waals surface area (Å²) in [4.78, 5) is 12.8. The third-order valence-corrected chi connectivity index (χ3v) is 7.16. The maximum atomic E-state index is 12.8. The molecule has 1 fully saturated rings. The van der Waals surface area contributed by atoms with Crippen LogP contribution in [-0.2, 0) is 10.0 Å². The molecular weight excluding hydrogens is 336 g/mol. The molecule has 5 nitrogen and oxygen atoms in total. The minimum Gasteiger partial charge on any atom is -0.349 e. The van der Waals surface area contributed by atoms with Gasteiger partial charge in [-0.3, -0.25) is 4.79 Å². The predicted octanol–water partition coefficient (Wildman–Crippen LogP) is 3.48. The molecule has 0 bridgehead atoms. The zero-order chi connectivity index (χ0) is 18.4. The Labute approximate surface area is 151 Å². The van der Waals surface area contributed by atoms with Gasteiger partial charge in [-0.1, -0.05) is 45.6 Å². The summed E-state index contributed by atoms with van der Waals surface area (Å²) >= 11 is 0. The van der Waals surface area contributed by atoms with Crippen LogP contribution in [-0.4, -0.2) is 37.8 Å². The summed E-state index contributed by atoms with van der Waals surface area (Å²) in [6.45, 7) is 6.23. The molecule has 1 amide bonds. The summed E-state index contributed by atoms with van der Waals surface area (Å²) in [5.41, 5.74) is 1.08. The maximum absolute atomic E-state index is 12.8. The number of hydrogen-bond donors (Lipinski definition) is 1. The molecule has 0 unspecified atom stereocenters. The molecule has 140 valence electrons. The molecule has 2 rings (SSSR count). The summed E-state index contributed by atoms with van der Waals surface area (Å²) in [7, 11) is -3.57. The average molecular weight is 367 g/mol. The van der Waals surface area contributed by atoms with E-state index in [2.05, 4.69) is 5.32 Å².